The highest BCUT2D eigenvalue weighted by Crippen LogP contribution is 2.11. The van der Waals surface area contributed by atoms with Crippen LogP contribution in [0.3, 0.4) is 0 Å². The molecule has 2 aromatic carbocycles. The Hall–Kier alpha value is -2.08. The lowest BCUT2D eigenvalue weighted by atomic mass is 10.1. The Morgan fingerprint density at radius 2 is 1.55 bits per heavy atom. The molecule has 0 spiro atoms. The highest BCUT2D eigenvalue weighted by atomic mass is 14.0. The van der Waals surface area contributed by atoms with Gasteiger partial charge in [-0.3, -0.25) is 0 Å². The van der Waals surface area contributed by atoms with Gasteiger partial charge in [0.2, 0.25) is 0 Å². The number of hydrogen-bond acceptors (Lipinski definition) is 0. The standard InChI is InChI=1S/2C10H12/c1-8(2)10-6-4-9(3)5-7-10;1-3-6-10-8-5-4-7-9(10)2/h4-7H,1H2,2-3H3;3-8H,1-2H3/b;6-3+. The van der Waals surface area contributed by atoms with Crippen LogP contribution in [0.25, 0.3) is 11.6 Å². The Labute approximate surface area is 123 Å². The summed E-state index contributed by atoms with van der Waals surface area (Å²) >= 11 is 0. The maximum Gasteiger partial charge on any atom is -0.0231 e. The van der Waals surface area contributed by atoms with Crippen LogP contribution < -0.4 is 0 Å². The summed E-state index contributed by atoms with van der Waals surface area (Å²) in [6.45, 7) is 12.1. The topological polar surface area (TPSA) is 0 Å². The zero-order valence-electron chi connectivity index (χ0n) is 13.0. The summed E-state index contributed by atoms with van der Waals surface area (Å²) in [6, 6.07) is 16.7. The fourth-order valence-electron chi connectivity index (χ4n) is 1.79. The van der Waals surface area contributed by atoms with Gasteiger partial charge < -0.3 is 0 Å². The summed E-state index contributed by atoms with van der Waals surface area (Å²) in [5.74, 6) is 0. The lowest BCUT2D eigenvalue weighted by Crippen LogP contribution is -1.76. The maximum atomic E-state index is 3.86. The third-order valence-corrected chi connectivity index (χ3v) is 3.08. The summed E-state index contributed by atoms with van der Waals surface area (Å²) in [5.41, 5.74) is 6.29. The van der Waals surface area contributed by atoms with E-state index in [1.165, 1.54) is 22.3 Å². The van der Waals surface area contributed by atoms with Crippen molar-refractivity contribution in [1.29, 1.82) is 0 Å². The van der Waals surface area contributed by atoms with Gasteiger partial charge in [-0.15, -0.1) is 0 Å². The van der Waals surface area contributed by atoms with Crippen LogP contribution in [0.15, 0.2) is 61.2 Å². The Kier molecular flexibility index (Phi) is 6.52. The molecule has 0 N–H and O–H groups in total. The van der Waals surface area contributed by atoms with E-state index < -0.39 is 0 Å². The van der Waals surface area contributed by atoms with E-state index in [4.69, 9.17) is 0 Å². The van der Waals surface area contributed by atoms with Gasteiger partial charge in [0.15, 0.2) is 0 Å². The average molecular weight is 264 g/mol. The second-order valence-electron chi connectivity index (χ2n) is 5.00. The molecule has 0 radical (unpaired) electrons. The number of hydrogen-bond donors (Lipinski definition) is 0. The second kappa shape index (κ2) is 8.16. The molecule has 104 valence electrons. The largest absolute Gasteiger partial charge is 0.0955 e. The first-order chi connectivity index (χ1) is 9.54. The Balaban J connectivity index is 0.000000200. The van der Waals surface area contributed by atoms with Crippen molar-refractivity contribution in [2.24, 2.45) is 0 Å². The minimum absolute atomic E-state index is 1.13. The Morgan fingerprint density at radius 3 is 2.05 bits per heavy atom. The van der Waals surface area contributed by atoms with Crippen LogP contribution in [0, 0.1) is 13.8 Å². The molecule has 0 heterocycles. The van der Waals surface area contributed by atoms with E-state index in [2.05, 4.69) is 81.1 Å². The van der Waals surface area contributed by atoms with Gasteiger partial charge in [0.1, 0.15) is 0 Å². The SMILES string of the molecule is C/C=C/c1ccccc1C.C=C(C)c1ccc(C)cc1. The van der Waals surface area contributed by atoms with Gasteiger partial charge in [0.05, 0.1) is 0 Å². The van der Waals surface area contributed by atoms with E-state index in [-0.39, 0.29) is 0 Å². The minimum atomic E-state index is 1.13. The Morgan fingerprint density at radius 1 is 0.950 bits per heavy atom. The maximum absolute atomic E-state index is 3.86. The van der Waals surface area contributed by atoms with Crippen LogP contribution in [-0.4, -0.2) is 0 Å². The molecule has 0 amide bonds. The van der Waals surface area contributed by atoms with Crippen molar-refractivity contribution < 1.29 is 0 Å². The number of rotatable bonds is 2. The molecule has 0 aliphatic heterocycles. The van der Waals surface area contributed by atoms with E-state index >= 15 is 0 Å². The van der Waals surface area contributed by atoms with Crippen LogP contribution in [0.5, 0.6) is 0 Å². The van der Waals surface area contributed by atoms with Gasteiger partial charge in [0, 0.05) is 0 Å². The van der Waals surface area contributed by atoms with Gasteiger partial charge in [-0.25, -0.2) is 0 Å². The third-order valence-electron chi connectivity index (χ3n) is 3.08. The minimum Gasteiger partial charge on any atom is -0.0955 e. The van der Waals surface area contributed by atoms with E-state index in [0.717, 1.165) is 5.57 Å². The van der Waals surface area contributed by atoms with Gasteiger partial charge in [-0.2, -0.15) is 0 Å². The van der Waals surface area contributed by atoms with Crippen LogP contribution in [0.4, 0.5) is 0 Å². The first-order valence-electron chi connectivity index (χ1n) is 6.95. The predicted molar refractivity (Wildman–Crippen MR) is 91.8 cm³/mol. The molecule has 0 bridgehead atoms. The molecule has 0 heteroatoms. The van der Waals surface area contributed by atoms with Crippen molar-refractivity contribution in [2.45, 2.75) is 27.7 Å². The molecule has 0 saturated carbocycles. The summed E-state index contributed by atoms with van der Waals surface area (Å²) in [4.78, 5) is 0. The van der Waals surface area contributed by atoms with E-state index in [1.807, 2.05) is 13.8 Å². The molecule has 0 atom stereocenters. The van der Waals surface area contributed by atoms with Gasteiger partial charge in [-0.05, 0) is 44.4 Å². The van der Waals surface area contributed by atoms with Crippen molar-refractivity contribution in [3.63, 3.8) is 0 Å². The van der Waals surface area contributed by atoms with Crippen LogP contribution in [0.1, 0.15) is 36.1 Å². The first-order valence-corrected chi connectivity index (χ1v) is 6.95. The lowest BCUT2D eigenvalue weighted by molar-refractivity contribution is 1.44. The molecule has 2 rings (SSSR count). The first kappa shape index (κ1) is 16.0. The highest BCUT2D eigenvalue weighted by molar-refractivity contribution is 5.61. The predicted octanol–water partition coefficient (Wildman–Crippen LogP) is 6.06. The molecular weight excluding hydrogens is 240 g/mol. The smallest absolute Gasteiger partial charge is 0.0231 e. The zero-order chi connectivity index (χ0) is 15.0. The summed E-state index contributed by atoms with van der Waals surface area (Å²) in [7, 11) is 0. The molecule has 2 aromatic rings. The van der Waals surface area contributed by atoms with Crippen LogP contribution in [-0.2, 0) is 0 Å². The van der Waals surface area contributed by atoms with E-state index in [1.54, 1.807) is 0 Å². The van der Waals surface area contributed by atoms with Crippen molar-refractivity contribution >= 4 is 11.6 Å². The van der Waals surface area contributed by atoms with Gasteiger partial charge in [0.25, 0.3) is 0 Å². The fraction of sp³-hybridized carbons (Fsp3) is 0.200. The van der Waals surface area contributed by atoms with Crippen molar-refractivity contribution in [3.05, 3.63) is 83.4 Å². The summed E-state index contributed by atoms with van der Waals surface area (Å²) < 4.78 is 0. The number of aryl methyl sites for hydroxylation is 2. The van der Waals surface area contributed by atoms with Crippen LogP contribution >= 0.6 is 0 Å². The number of benzene rings is 2. The van der Waals surface area contributed by atoms with E-state index in [0.29, 0.717) is 0 Å². The second-order valence-corrected chi connectivity index (χ2v) is 5.00. The molecule has 20 heavy (non-hydrogen) atoms. The lowest BCUT2D eigenvalue weighted by Gasteiger charge is -1.98. The van der Waals surface area contributed by atoms with E-state index in [9.17, 15) is 0 Å². The van der Waals surface area contributed by atoms with Crippen molar-refractivity contribution in [1.82, 2.24) is 0 Å². The highest BCUT2D eigenvalue weighted by Gasteiger charge is 1.89. The van der Waals surface area contributed by atoms with Gasteiger partial charge in [-0.1, -0.05) is 78.4 Å². The quantitative estimate of drug-likeness (QED) is 0.618. The van der Waals surface area contributed by atoms with Crippen molar-refractivity contribution in [3.8, 4) is 0 Å². The monoisotopic (exact) mass is 264 g/mol. The third kappa shape index (κ3) is 5.27. The zero-order valence-corrected chi connectivity index (χ0v) is 13.0. The molecule has 0 aliphatic carbocycles. The number of allylic oxidation sites excluding steroid dienone is 2. The van der Waals surface area contributed by atoms with Gasteiger partial charge >= 0.3 is 0 Å². The summed E-state index contributed by atoms with van der Waals surface area (Å²) in [5, 5.41) is 0. The molecule has 0 aromatic heterocycles. The molecule has 0 saturated heterocycles. The van der Waals surface area contributed by atoms with Crippen LogP contribution in [0.2, 0.25) is 0 Å². The molecule has 0 nitrogen and oxygen atoms in total. The molecule has 0 aliphatic rings. The normalized spacial score (nSPS) is 10.0. The Bertz CT molecular complexity index is 571. The fourth-order valence-corrected chi connectivity index (χ4v) is 1.79. The molecule has 0 fully saturated rings. The summed E-state index contributed by atoms with van der Waals surface area (Å²) in [6.07, 6.45) is 4.18. The average Bonchev–Trinajstić information content (AvgIpc) is 2.43. The van der Waals surface area contributed by atoms with Crippen molar-refractivity contribution in [2.75, 3.05) is 0 Å². The molecule has 0 unspecified atom stereocenters. The molecular formula is C20H24.